The summed E-state index contributed by atoms with van der Waals surface area (Å²) < 4.78 is 5.73. The lowest BCUT2D eigenvalue weighted by Gasteiger charge is -2.28. The van der Waals surface area contributed by atoms with Crippen LogP contribution in [0.2, 0.25) is 5.02 Å². The van der Waals surface area contributed by atoms with Crippen molar-refractivity contribution in [1.29, 1.82) is 0 Å². The van der Waals surface area contributed by atoms with E-state index in [2.05, 4.69) is 18.3 Å². The molecule has 0 aromatic heterocycles. The quantitative estimate of drug-likeness (QED) is 0.840. The normalized spacial score (nSPS) is 20.3. The molecule has 0 atom stereocenters. The van der Waals surface area contributed by atoms with Crippen LogP contribution in [0.25, 0.3) is 0 Å². The number of fused-ring (bicyclic) bond motifs is 1. The minimum Gasteiger partial charge on any atom is -0.492 e. The fourth-order valence-electron chi connectivity index (χ4n) is 3.24. The molecular weight excluding hydrogens is 246 g/mol. The number of rotatable bonds is 1. The van der Waals surface area contributed by atoms with Crippen LogP contribution in [-0.4, -0.2) is 19.7 Å². The first-order valence-electron chi connectivity index (χ1n) is 6.92. The smallest absolute Gasteiger partial charge is 0.141 e. The van der Waals surface area contributed by atoms with E-state index in [1.807, 2.05) is 0 Å². The third-order valence-electron chi connectivity index (χ3n) is 4.26. The van der Waals surface area contributed by atoms with Gasteiger partial charge in [-0.2, -0.15) is 0 Å². The van der Waals surface area contributed by atoms with Gasteiger partial charge in [-0.05, 0) is 74.4 Å². The molecule has 1 aromatic rings. The lowest BCUT2D eigenvalue weighted by molar-refractivity contribution is 0.287. The number of hydrogen-bond donors (Lipinski definition) is 1. The average Bonchev–Trinajstić information content (AvgIpc) is 2.44. The molecule has 2 aliphatic heterocycles. The van der Waals surface area contributed by atoms with Crippen LogP contribution in [0.3, 0.4) is 0 Å². The van der Waals surface area contributed by atoms with Crippen LogP contribution >= 0.6 is 11.6 Å². The van der Waals surface area contributed by atoms with Crippen molar-refractivity contribution in [3.05, 3.63) is 27.8 Å². The van der Waals surface area contributed by atoms with Gasteiger partial charge in [-0.25, -0.2) is 0 Å². The number of hydrogen-bond acceptors (Lipinski definition) is 2. The van der Waals surface area contributed by atoms with Crippen molar-refractivity contribution in [3.8, 4) is 5.75 Å². The Balaban J connectivity index is 2.01. The minimum absolute atomic E-state index is 0.663. The number of benzene rings is 1. The third kappa shape index (κ3) is 2.12. The van der Waals surface area contributed by atoms with Gasteiger partial charge >= 0.3 is 0 Å². The van der Waals surface area contributed by atoms with E-state index in [9.17, 15) is 0 Å². The Labute approximate surface area is 114 Å². The van der Waals surface area contributed by atoms with Gasteiger partial charge in [0.05, 0.1) is 11.6 Å². The molecule has 2 nitrogen and oxygen atoms in total. The lowest BCUT2D eigenvalue weighted by Crippen LogP contribution is -2.27. The first-order valence-corrected chi connectivity index (χ1v) is 7.30. The van der Waals surface area contributed by atoms with Gasteiger partial charge in [0.25, 0.3) is 0 Å². The van der Waals surface area contributed by atoms with Crippen molar-refractivity contribution in [2.45, 2.75) is 38.5 Å². The SMILES string of the molecule is Cc1c(C2CCNCC2)cc(Cl)c2c1CCCO2. The van der Waals surface area contributed by atoms with E-state index >= 15 is 0 Å². The molecule has 1 aromatic carbocycles. The van der Waals surface area contributed by atoms with Crippen molar-refractivity contribution < 1.29 is 4.74 Å². The fraction of sp³-hybridized carbons (Fsp3) is 0.600. The Hall–Kier alpha value is -0.730. The zero-order valence-electron chi connectivity index (χ0n) is 10.9. The van der Waals surface area contributed by atoms with Gasteiger partial charge in [-0.15, -0.1) is 0 Å². The molecule has 0 bridgehead atoms. The Morgan fingerprint density at radius 2 is 2.11 bits per heavy atom. The molecule has 2 heterocycles. The Morgan fingerprint density at radius 1 is 1.33 bits per heavy atom. The maximum atomic E-state index is 6.40. The standard InChI is InChI=1S/C15H20ClNO/c1-10-12-3-2-8-18-15(12)14(16)9-13(10)11-4-6-17-7-5-11/h9,11,17H,2-8H2,1H3. The second-order valence-corrected chi connectivity index (χ2v) is 5.76. The van der Waals surface area contributed by atoms with Crippen molar-refractivity contribution in [2.75, 3.05) is 19.7 Å². The third-order valence-corrected chi connectivity index (χ3v) is 4.54. The monoisotopic (exact) mass is 265 g/mol. The van der Waals surface area contributed by atoms with E-state index in [1.54, 1.807) is 0 Å². The Bertz CT molecular complexity index is 452. The second kappa shape index (κ2) is 5.10. The van der Waals surface area contributed by atoms with E-state index in [0.717, 1.165) is 43.3 Å². The molecular formula is C15H20ClNO. The number of piperidine rings is 1. The number of nitrogens with one attached hydrogen (secondary N) is 1. The minimum atomic E-state index is 0.663. The van der Waals surface area contributed by atoms with Crippen molar-refractivity contribution in [3.63, 3.8) is 0 Å². The van der Waals surface area contributed by atoms with Crippen molar-refractivity contribution >= 4 is 11.6 Å². The van der Waals surface area contributed by atoms with E-state index in [4.69, 9.17) is 16.3 Å². The number of halogens is 1. The van der Waals surface area contributed by atoms with Gasteiger partial charge in [-0.1, -0.05) is 11.6 Å². The summed E-state index contributed by atoms with van der Waals surface area (Å²) in [6, 6.07) is 2.15. The predicted molar refractivity (Wildman–Crippen MR) is 74.8 cm³/mol. The highest BCUT2D eigenvalue weighted by Gasteiger charge is 2.23. The van der Waals surface area contributed by atoms with E-state index < -0.39 is 0 Å². The number of ether oxygens (including phenoxy) is 1. The molecule has 1 N–H and O–H groups in total. The topological polar surface area (TPSA) is 21.3 Å². The van der Waals surface area contributed by atoms with Crippen LogP contribution in [-0.2, 0) is 6.42 Å². The molecule has 1 fully saturated rings. The van der Waals surface area contributed by atoms with Crippen LogP contribution in [0.1, 0.15) is 41.9 Å². The van der Waals surface area contributed by atoms with Gasteiger partial charge in [0.1, 0.15) is 5.75 Å². The molecule has 0 aliphatic carbocycles. The summed E-state index contributed by atoms with van der Waals surface area (Å²) in [4.78, 5) is 0. The highest BCUT2D eigenvalue weighted by molar-refractivity contribution is 6.32. The first-order chi connectivity index (χ1) is 8.77. The highest BCUT2D eigenvalue weighted by atomic mass is 35.5. The summed E-state index contributed by atoms with van der Waals surface area (Å²) in [5, 5.41) is 4.23. The molecule has 98 valence electrons. The van der Waals surface area contributed by atoms with Gasteiger partial charge in [-0.3, -0.25) is 0 Å². The summed E-state index contributed by atoms with van der Waals surface area (Å²) in [5.74, 6) is 1.61. The molecule has 0 saturated carbocycles. The first kappa shape index (κ1) is 12.3. The summed E-state index contributed by atoms with van der Waals surface area (Å²) >= 11 is 6.40. The molecule has 0 radical (unpaired) electrons. The van der Waals surface area contributed by atoms with E-state index in [1.165, 1.54) is 29.5 Å². The fourth-order valence-corrected chi connectivity index (χ4v) is 3.52. The molecule has 1 saturated heterocycles. The zero-order chi connectivity index (χ0) is 12.5. The predicted octanol–water partition coefficient (Wildman–Crippen LogP) is 3.44. The molecule has 3 heteroatoms. The van der Waals surface area contributed by atoms with Gasteiger partial charge < -0.3 is 10.1 Å². The maximum absolute atomic E-state index is 6.40. The molecule has 0 unspecified atom stereocenters. The lowest BCUT2D eigenvalue weighted by atomic mass is 9.84. The van der Waals surface area contributed by atoms with Crippen LogP contribution in [0.15, 0.2) is 6.07 Å². The zero-order valence-corrected chi connectivity index (χ0v) is 11.6. The summed E-state index contributed by atoms with van der Waals surface area (Å²) in [7, 11) is 0. The Kier molecular flexibility index (Phi) is 3.49. The summed E-state index contributed by atoms with van der Waals surface area (Å²) in [5.41, 5.74) is 4.22. The average molecular weight is 266 g/mol. The van der Waals surface area contributed by atoms with Gasteiger partial charge in [0, 0.05) is 0 Å². The van der Waals surface area contributed by atoms with Crippen molar-refractivity contribution in [2.24, 2.45) is 0 Å². The summed E-state index contributed by atoms with van der Waals surface area (Å²) in [6.45, 7) is 5.28. The molecule has 3 rings (SSSR count). The van der Waals surface area contributed by atoms with Gasteiger partial charge in [0.15, 0.2) is 0 Å². The van der Waals surface area contributed by atoms with Gasteiger partial charge in [0.2, 0.25) is 0 Å². The summed E-state index contributed by atoms with van der Waals surface area (Å²) in [6.07, 6.45) is 4.66. The largest absolute Gasteiger partial charge is 0.492 e. The Morgan fingerprint density at radius 3 is 2.89 bits per heavy atom. The van der Waals surface area contributed by atoms with Crippen LogP contribution in [0.4, 0.5) is 0 Å². The molecule has 0 amide bonds. The molecule has 0 spiro atoms. The molecule has 18 heavy (non-hydrogen) atoms. The van der Waals surface area contributed by atoms with Crippen LogP contribution < -0.4 is 10.1 Å². The van der Waals surface area contributed by atoms with Crippen LogP contribution in [0, 0.1) is 6.92 Å². The maximum Gasteiger partial charge on any atom is 0.141 e. The van der Waals surface area contributed by atoms with E-state index in [0.29, 0.717) is 5.92 Å². The highest BCUT2D eigenvalue weighted by Crippen LogP contribution is 2.40. The van der Waals surface area contributed by atoms with Crippen LogP contribution in [0.5, 0.6) is 5.75 Å². The van der Waals surface area contributed by atoms with Crippen molar-refractivity contribution in [1.82, 2.24) is 5.32 Å². The molecule has 2 aliphatic rings. The second-order valence-electron chi connectivity index (χ2n) is 5.36. The van der Waals surface area contributed by atoms with E-state index in [-0.39, 0.29) is 0 Å².